The Balaban J connectivity index is 2.34. The van der Waals surface area contributed by atoms with E-state index < -0.39 is 6.04 Å². The number of benzene rings is 1. The Morgan fingerprint density at radius 1 is 1.31 bits per heavy atom. The van der Waals surface area contributed by atoms with Crippen molar-refractivity contribution in [1.29, 1.82) is 0 Å². The average molecular weight is 224 g/mol. The highest BCUT2D eigenvalue weighted by Gasteiger charge is 2.12. The number of nitrogens with one attached hydrogen (secondary N) is 1. The highest BCUT2D eigenvalue weighted by molar-refractivity contribution is 5.94. The van der Waals surface area contributed by atoms with E-state index in [2.05, 4.69) is 5.32 Å². The molecule has 88 valence electrons. The maximum atomic E-state index is 11.9. The molecule has 0 spiro atoms. The summed E-state index contributed by atoms with van der Waals surface area (Å²) in [6.45, 7) is -0.354. The summed E-state index contributed by atoms with van der Waals surface area (Å²) in [7, 11) is 0. The lowest BCUT2D eigenvalue weighted by Gasteiger charge is -2.11. The normalized spacial score (nSPS) is 12.1. The van der Waals surface area contributed by atoms with Crippen LogP contribution in [0.5, 0.6) is 0 Å². The second kappa shape index (κ2) is 6.95. The van der Waals surface area contributed by atoms with Crippen LogP contribution in [0.25, 0.3) is 0 Å². The lowest BCUT2D eigenvalue weighted by atomic mass is 10.1. The third-order valence-corrected chi connectivity index (χ3v) is 2.28. The third kappa shape index (κ3) is 4.40. The number of carbonyl (C=O) groups excluding carboxylic acids is 1. The topological polar surface area (TPSA) is 55.1 Å². The number of anilines is 1. The molecule has 1 amide bonds. The fourth-order valence-electron chi connectivity index (χ4n) is 1.35. The van der Waals surface area contributed by atoms with Crippen LogP contribution in [-0.4, -0.2) is 18.6 Å². The number of carbonyl (C=O) groups is 1. The number of para-hydroxylation sites is 1. The molecule has 0 saturated heterocycles. The number of halogens is 1. The van der Waals surface area contributed by atoms with Crippen LogP contribution in [0.2, 0.25) is 0 Å². The molecule has 1 rings (SSSR count). The van der Waals surface area contributed by atoms with E-state index in [0.29, 0.717) is 19.3 Å². The minimum atomic E-state index is -0.563. The molecule has 0 aromatic heterocycles. The molecule has 3 N–H and O–H groups in total. The maximum Gasteiger partial charge on any atom is 0.241 e. The molecule has 0 saturated carbocycles. The minimum Gasteiger partial charge on any atom is -0.325 e. The first kappa shape index (κ1) is 12.6. The molecule has 0 fully saturated rings. The third-order valence-electron chi connectivity index (χ3n) is 2.28. The molecule has 3 nitrogen and oxygen atoms in total. The largest absolute Gasteiger partial charge is 0.325 e. The smallest absolute Gasteiger partial charge is 0.241 e. The molecule has 0 aliphatic carbocycles. The first-order valence-electron chi connectivity index (χ1n) is 5.41. The Hall–Kier alpha value is -1.42. The zero-order valence-electron chi connectivity index (χ0n) is 9.16. The molecule has 1 aromatic carbocycles. The standard InChI is InChI=1S/C12H17FN2O/c13-9-5-4-8-11(14)12(16)15-10-6-2-1-3-7-10/h1-3,6-7,11H,4-5,8-9,14H2,(H,15,16). The molecule has 0 aliphatic heterocycles. The predicted molar refractivity (Wildman–Crippen MR) is 62.9 cm³/mol. The van der Waals surface area contributed by atoms with E-state index >= 15 is 0 Å². The van der Waals surface area contributed by atoms with Crippen molar-refractivity contribution < 1.29 is 9.18 Å². The molecule has 1 atom stereocenters. The van der Waals surface area contributed by atoms with Gasteiger partial charge in [-0.3, -0.25) is 9.18 Å². The zero-order valence-corrected chi connectivity index (χ0v) is 9.16. The summed E-state index contributed by atoms with van der Waals surface area (Å²) < 4.78 is 11.9. The second-order valence-corrected chi connectivity index (χ2v) is 3.65. The van der Waals surface area contributed by atoms with Crippen LogP contribution in [0.15, 0.2) is 30.3 Å². The molecule has 16 heavy (non-hydrogen) atoms. The van der Waals surface area contributed by atoms with Crippen molar-refractivity contribution in [2.24, 2.45) is 5.73 Å². The molecule has 1 aromatic rings. The number of alkyl halides is 1. The Labute approximate surface area is 94.8 Å². The molecular weight excluding hydrogens is 207 g/mol. The van der Waals surface area contributed by atoms with Crippen LogP contribution < -0.4 is 11.1 Å². The average Bonchev–Trinajstić information content (AvgIpc) is 2.30. The van der Waals surface area contributed by atoms with Gasteiger partial charge in [0.1, 0.15) is 0 Å². The van der Waals surface area contributed by atoms with Crippen LogP contribution >= 0.6 is 0 Å². The van der Waals surface area contributed by atoms with Crippen LogP contribution in [0, 0.1) is 0 Å². The number of amides is 1. The van der Waals surface area contributed by atoms with Crippen molar-refractivity contribution in [3.05, 3.63) is 30.3 Å². The van der Waals surface area contributed by atoms with Crippen LogP contribution in [-0.2, 0) is 4.79 Å². The predicted octanol–water partition coefficient (Wildman–Crippen LogP) is 2.09. The highest BCUT2D eigenvalue weighted by Crippen LogP contribution is 2.07. The van der Waals surface area contributed by atoms with Gasteiger partial charge in [-0.15, -0.1) is 0 Å². The van der Waals surface area contributed by atoms with Crippen molar-refractivity contribution >= 4 is 11.6 Å². The number of hydrogen-bond acceptors (Lipinski definition) is 2. The summed E-state index contributed by atoms with van der Waals surface area (Å²) in [5.41, 5.74) is 6.40. The Kier molecular flexibility index (Phi) is 5.50. The molecule has 4 heteroatoms. The Morgan fingerprint density at radius 3 is 2.62 bits per heavy atom. The van der Waals surface area contributed by atoms with Crippen LogP contribution in [0.4, 0.5) is 10.1 Å². The van der Waals surface area contributed by atoms with Crippen molar-refractivity contribution in [1.82, 2.24) is 0 Å². The fourth-order valence-corrected chi connectivity index (χ4v) is 1.35. The zero-order chi connectivity index (χ0) is 11.8. The number of unbranched alkanes of at least 4 members (excludes halogenated alkanes) is 1. The van der Waals surface area contributed by atoms with Crippen molar-refractivity contribution in [2.45, 2.75) is 25.3 Å². The van der Waals surface area contributed by atoms with Gasteiger partial charge in [-0.2, -0.15) is 0 Å². The number of hydrogen-bond donors (Lipinski definition) is 2. The summed E-state index contributed by atoms with van der Waals surface area (Å²) in [5, 5.41) is 2.71. The van der Waals surface area contributed by atoms with Crippen molar-refractivity contribution in [3.8, 4) is 0 Å². The van der Waals surface area contributed by atoms with Gasteiger partial charge < -0.3 is 11.1 Å². The monoisotopic (exact) mass is 224 g/mol. The van der Waals surface area contributed by atoms with Gasteiger partial charge in [0.15, 0.2) is 0 Å². The fraction of sp³-hybridized carbons (Fsp3) is 0.417. The van der Waals surface area contributed by atoms with Gasteiger partial charge in [0, 0.05) is 5.69 Å². The van der Waals surface area contributed by atoms with Gasteiger partial charge in [-0.1, -0.05) is 18.2 Å². The number of nitrogens with two attached hydrogens (primary N) is 1. The van der Waals surface area contributed by atoms with Crippen molar-refractivity contribution in [2.75, 3.05) is 12.0 Å². The maximum absolute atomic E-state index is 11.9. The van der Waals surface area contributed by atoms with Gasteiger partial charge in [0.25, 0.3) is 0 Å². The van der Waals surface area contributed by atoms with Crippen molar-refractivity contribution in [3.63, 3.8) is 0 Å². The summed E-state index contributed by atoms with van der Waals surface area (Å²) in [6, 6.07) is 8.58. The summed E-state index contributed by atoms with van der Waals surface area (Å²) in [6.07, 6.45) is 1.62. The molecule has 0 radical (unpaired) electrons. The van der Waals surface area contributed by atoms with E-state index in [4.69, 9.17) is 5.73 Å². The van der Waals surface area contributed by atoms with Gasteiger partial charge in [-0.25, -0.2) is 0 Å². The molecule has 0 aliphatic rings. The van der Waals surface area contributed by atoms with E-state index in [1.807, 2.05) is 18.2 Å². The highest BCUT2D eigenvalue weighted by atomic mass is 19.1. The lowest BCUT2D eigenvalue weighted by molar-refractivity contribution is -0.117. The first-order valence-corrected chi connectivity index (χ1v) is 5.41. The van der Waals surface area contributed by atoms with E-state index in [1.54, 1.807) is 12.1 Å². The van der Waals surface area contributed by atoms with E-state index in [1.165, 1.54) is 0 Å². The van der Waals surface area contributed by atoms with Gasteiger partial charge in [0.2, 0.25) is 5.91 Å². The van der Waals surface area contributed by atoms with Gasteiger partial charge in [0.05, 0.1) is 12.7 Å². The van der Waals surface area contributed by atoms with Gasteiger partial charge >= 0.3 is 0 Å². The molecular formula is C12H17FN2O. The van der Waals surface area contributed by atoms with E-state index in [9.17, 15) is 9.18 Å². The lowest BCUT2D eigenvalue weighted by Crippen LogP contribution is -2.35. The SMILES string of the molecule is NC(CCCCF)C(=O)Nc1ccccc1. The van der Waals surface area contributed by atoms with Crippen LogP contribution in [0.3, 0.4) is 0 Å². The van der Waals surface area contributed by atoms with Gasteiger partial charge in [-0.05, 0) is 31.4 Å². The van der Waals surface area contributed by atoms with E-state index in [0.717, 1.165) is 5.69 Å². The summed E-state index contributed by atoms with van der Waals surface area (Å²) >= 11 is 0. The second-order valence-electron chi connectivity index (χ2n) is 3.65. The Bertz CT molecular complexity index is 316. The van der Waals surface area contributed by atoms with Crippen LogP contribution in [0.1, 0.15) is 19.3 Å². The van der Waals surface area contributed by atoms with E-state index in [-0.39, 0.29) is 12.6 Å². The molecule has 0 heterocycles. The molecule has 1 unspecified atom stereocenters. The molecule has 0 bridgehead atoms. The Morgan fingerprint density at radius 2 is 2.00 bits per heavy atom. The quantitative estimate of drug-likeness (QED) is 0.727. The number of rotatable bonds is 6. The first-order chi connectivity index (χ1) is 7.74. The minimum absolute atomic E-state index is 0.218. The summed E-state index contributed by atoms with van der Waals surface area (Å²) in [4.78, 5) is 11.6. The summed E-state index contributed by atoms with van der Waals surface area (Å²) in [5.74, 6) is -0.218.